The van der Waals surface area contributed by atoms with E-state index in [4.69, 9.17) is 26.7 Å². The van der Waals surface area contributed by atoms with Crippen molar-refractivity contribution in [3.63, 3.8) is 0 Å². The summed E-state index contributed by atoms with van der Waals surface area (Å²) in [6, 6.07) is 20.5. The van der Waals surface area contributed by atoms with Gasteiger partial charge in [0.05, 0.1) is 23.5 Å². The van der Waals surface area contributed by atoms with Crippen LogP contribution in [0.5, 0.6) is 11.5 Å². The molecule has 2 aromatic heterocycles. The van der Waals surface area contributed by atoms with Crippen LogP contribution in [0.1, 0.15) is 45.9 Å². The van der Waals surface area contributed by atoms with E-state index in [2.05, 4.69) is 72.8 Å². The highest BCUT2D eigenvalue weighted by Crippen LogP contribution is 2.46. The molecule has 0 radical (unpaired) electrons. The Balaban J connectivity index is 1.54. The van der Waals surface area contributed by atoms with Crippen LogP contribution in [0.3, 0.4) is 0 Å². The number of rotatable bonds is 4. The lowest BCUT2D eigenvalue weighted by atomic mass is 9.96. The first-order valence-electron chi connectivity index (χ1n) is 12.1. The van der Waals surface area contributed by atoms with Crippen molar-refractivity contribution in [2.45, 2.75) is 39.8 Å². The van der Waals surface area contributed by atoms with Gasteiger partial charge in [-0.15, -0.1) is 0 Å². The Morgan fingerprint density at radius 2 is 1.69 bits per heavy atom. The van der Waals surface area contributed by atoms with Crippen LogP contribution in [0.15, 0.2) is 66.9 Å². The fraction of sp³-hybridized carbons (Fsp3) is 0.241. The fourth-order valence-corrected chi connectivity index (χ4v) is 5.92. The van der Waals surface area contributed by atoms with Crippen molar-refractivity contribution < 1.29 is 9.47 Å². The maximum absolute atomic E-state index is 5.93. The predicted molar refractivity (Wildman–Crippen MR) is 145 cm³/mol. The van der Waals surface area contributed by atoms with E-state index in [1.807, 2.05) is 36.5 Å². The van der Waals surface area contributed by atoms with Gasteiger partial charge in [-0.05, 0) is 86.9 Å². The molecule has 1 saturated heterocycles. The van der Waals surface area contributed by atoms with E-state index in [0.717, 1.165) is 22.9 Å². The number of nitrogens with one attached hydrogen (secondary N) is 1. The molecule has 1 fully saturated rings. The predicted octanol–water partition coefficient (Wildman–Crippen LogP) is 6.01. The van der Waals surface area contributed by atoms with Crippen LogP contribution >= 0.6 is 12.2 Å². The summed E-state index contributed by atoms with van der Waals surface area (Å²) in [7, 11) is 0. The monoisotopic (exact) mass is 496 g/mol. The molecular formula is C29H28N4O2S. The maximum Gasteiger partial charge on any atom is 0.231 e. The molecule has 6 rings (SSSR count). The summed E-state index contributed by atoms with van der Waals surface area (Å²) in [5.74, 6) is 1.49. The highest BCUT2D eigenvalue weighted by molar-refractivity contribution is 7.80. The van der Waals surface area contributed by atoms with Crippen molar-refractivity contribution in [1.29, 1.82) is 0 Å². The fourth-order valence-electron chi connectivity index (χ4n) is 5.57. The summed E-state index contributed by atoms with van der Waals surface area (Å²) in [4.78, 5) is 6.89. The molecule has 0 bridgehead atoms. The van der Waals surface area contributed by atoms with Gasteiger partial charge in [0.1, 0.15) is 0 Å². The van der Waals surface area contributed by atoms with Gasteiger partial charge in [-0.3, -0.25) is 4.98 Å². The number of aromatic nitrogens is 2. The molecule has 0 saturated carbocycles. The Morgan fingerprint density at radius 1 is 0.917 bits per heavy atom. The molecule has 2 aliphatic rings. The van der Waals surface area contributed by atoms with Crippen LogP contribution in [0.25, 0.3) is 5.69 Å². The standard InChI is InChI=1S/C29H28N4O2S/c1-17-8-7-9-18(2)27(17)32-19(3)14-22(20(32)4)28-26(23-10-5-6-13-30-23)31-29(36)33(28)21-11-12-24-25(15-21)35-16-34-24/h5-15,26,28H,16H2,1-4H3,(H,31,36). The molecule has 2 aliphatic heterocycles. The van der Waals surface area contributed by atoms with E-state index in [1.54, 1.807) is 0 Å². The Labute approximate surface area is 216 Å². The number of para-hydroxylation sites is 1. The summed E-state index contributed by atoms with van der Waals surface area (Å²) < 4.78 is 13.6. The van der Waals surface area contributed by atoms with E-state index in [1.165, 1.54) is 33.8 Å². The van der Waals surface area contributed by atoms with Gasteiger partial charge in [-0.1, -0.05) is 24.3 Å². The molecule has 1 N–H and O–H groups in total. The number of benzene rings is 2. The highest BCUT2D eigenvalue weighted by atomic mass is 32.1. The van der Waals surface area contributed by atoms with Gasteiger partial charge < -0.3 is 24.3 Å². The zero-order valence-electron chi connectivity index (χ0n) is 20.8. The number of ether oxygens (including phenoxy) is 2. The molecule has 182 valence electrons. The van der Waals surface area contributed by atoms with Crippen LogP contribution in [-0.2, 0) is 0 Å². The summed E-state index contributed by atoms with van der Waals surface area (Å²) >= 11 is 5.93. The Morgan fingerprint density at radius 3 is 2.44 bits per heavy atom. The molecule has 2 aromatic carbocycles. The first-order chi connectivity index (χ1) is 17.4. The first kappa shape index (κ1) is 22.6. The smallest absolute Gasteiger partial charge is 0.231 e. The second kappa shape index (κ2) is 8.68. The third-order valence-electron chi connectivity index (χ3n) is 7.18. The SMILES string of the molecule is Cc1cccc(C)c1-n1c(C)cc(C2C(c3ccccn3)NC(=S)N2c2ccc3c(c2)OCO3)c1C. The van der Waals surface area contributed by atoms with Gasteiger partial charge in [0.2, 0.25) is 6.79 Å². The minimum atomic E-state index is -0.115. The molecule has 0 aliphatic carbocycles. The molecule has 2 unspecified atom stereocenters. The summed E-state index contributed by atoms with van der Waals surface area (Å²) in [6.45, 7) is 8.94. The van der Waals surface area contributed by atoms with Crippen LogP contribution in [-0.4, -0.2) is 21.5 Å². The van der Waals surface area contributed by atoms with Crippen molar-refractivity contribution in [3.05, 3.63) is 101 Å². The average Bonchev–Trinajstić information content (AvgIpc) is 3.55. The van der Waals surface area contributed by atoms with Crippen molar-refractivity contribution in [2.24, 2.45) is 0 Å². The van der Waals surface area contributed by atoms with Crippen LogP contribution in [0, 0.1) is 27.7 Å². The lowest BCUT2D eigenvalue weighted by Crippen LogP contribution is -2.29. The third-order valence-corrected chi connectivity index (χ3v) is 7.50. The molecule has 2 atom stereocenters. The lowest BCUT2D eigenvalue weighted by Gasteiger charge is -2.28. The molecule has 4 aromatic rings. The van der Waals surface area contributed by atoms with Gasteiger partial charge in [-0.2, -0.15) is 0 Å². The number of anilines is 1. The van der Waals surface area contributed by atoms with E-state index in [9.17, 15) is 0 Å². The molecule has 0 amide bonds. The topological polar surface area (TPSA) is 51.6 Å². The Bertz CT molecular complexity index is 1460. The van der Waals surface area contributed by atoms with Gasteiger partial charge in [0, 0.05) is 29.3 Å². The Hall–Kier alpha value is -3.84. The summed E-state index contributed by atoms with van der Waals surface area (Å²) in [5.41, 5.74) is 9.21. The molecule has 4 heterocycles. The van der Waals surface area contributed by atoms with Crippen LogP contribution < -0.4 is 19.7 Å². The molecular weight excluding hydrogens is 468 g/mol. The lowest BCUT2D eigenvalue weighted by molar-refractivity contribution is 0.174. The van der Waals surface area contributed by atoms with Crippen molar-refractivity contribution in [1.82, 2.24) is 14.9 Å². The van der Waals surface area contributed by atoms with Crippen LogP contribution in [0.2, 0.25) is 0 Å². The largest absolute Gasteiger partial charge is 0.454 e. The second-order valence-electron chi connectivity index (χ2n) is 9.44. The third kappa shape index (κ3) is 3.54. The number of nitrogens with zero attached hydrogens (tertiary/aromatic N) is 3. The minimum absolute atomic E-state index is 0.1000. The zero-order valence-corrected chi connectivity index (χ0v) is 21.6. The number of hydrogen-bond donors (Lipinski definition) is 1. The molecule has 7 heteroatoms. The summed E-state index contributed by atoms with van der Waals surface area (Å²) in [6.07, 6.45) is 1.83. The van der Waals surface area contributed by atoms with Gasteiger partial charge >= 0.3 is 0 Å². The maximum atomic E-state index is 5.93. The van der Waals surface area contributed by atoms with E-state index in [-0.39, 0.29) is 18.9 Å². The van der Waals surface area contributed by atoms with Gasteiger partial charge in [0.15, 0.2) is 16.6 Å². The van der Waals surface area contributed by atoms with Crippen LogP contribution in [0.4, 0.5) is 5.69 Å². The van der Waals surface area contributed by atoms with E-state index >= 15 is 0 Å². The summed E-state index contributed by atoms with van der Waals surface area (Å²) in [5, 5.41) is 4.23. The van der Waals surface area contributed by atoms with Crippen molar-refractivity contribution in [2.75, 3.05) is 11.7 Å². The highest BCUT2D eigenvalue weighted by Gasteiger charge is 2.42. The quantitative estimate of drug-likeness (QED) is 0.349. The van der Waals surface area contributed by atoms with Gasteiger partial charge in [-0.25, -0.2) is 0 Å². The zero-order chi connectivity index (χ0) is 25.0. The minimum Gasteiger partial charge on any atom is -0.454 e. The number of aryl methyl sites for hydroxylation is 3. The molecule has 36 heavy (non-hydrogen) atoms. The number of fused-ring (bicyclic) bond motifs is 1. The molecule has 6 nitrogen and oxygen atoms in total. The van der Waals surface area contributed by atoms with E-state index < -0.39 is 0 Å². The average molecular weight is 497 g/mol. The van der Waals surface area contributed by atoms with Crippen molar-refractivity contribution >= 4 is 23.0 Å². The van der Waals surface area contributed by atoms with Crippen molar-refractivity contribution in [3.8, 4) is 17.2 Å². The number of thiocarbonyl (C=S) groups is 1. The van der Waals surface area contributed by atoms with E-state index in [0.29, 0.717) is 5.11 Å². The normalized spacial score (nSPS) is 18.6. The first-order valence-corrected chi connectivity index (χ1v) is 12.5. The van der Waals surface area contributed by atoms with Gasteiger partial charge in [0.25, 0.3) is 0 Å². The Kier molecular flexibility index (Phi) is 5.45. The number of pyridine rings is 1. The second-order valence-corrected chi connectivity index (χ2v) is 9.82. The molecule has 0 spiro atoms. The number of hydrogen-bond acceptors (Lipinski definition) is 4.